The fourth-order valence-electron chi connectivity index (χ4n) is 3.15. The smallest absolute Gasteiger partial charge is 0.236 e. The number of hydrogen-bond donors (Lipinski definition) is 1. The van der Waals surface area contributed by atoms with E-state index in [4.69, 9.17) is 9.47 Å². The third-order valence-corrected chi connectivity index (χ3v) is 6.54. The molecule has 10 heteroatoms. The van der Waals surface area contributed by atoms with Gasteiger partial charge >= 0.3 is 0 Å². The number of rotatable bonds is 6. The average Bonchev–Trinajstić information content (AvgIpc) is 3.34. The van der Waals surface area contributed by atoms with Crippen LogP contribution in [0.4, 0.5) is 5.13 Å². The molecule has 5 rings (SSSR count). The maximum absolute atomic E-state index is 12.4. The van der Waals surface area contributed by atoms with Gasteiger partial charge in [0, 0.05) is 24.6 Å². The summed E-state index contributed by atoms with van der Waals surface area (Å²) >= 11 is 2.83. The first-order valence-corrected chi connectivity index (χ1v) is 11.1. The Kier molecular flexibility index (Phi) is 4.59. The van der Waals surface area contributed by atoms with Crippen molar-refractivity contribution < 1.29 is 14.3 Å². The van der Waals surface area contributed by atoms with E-state index in [1.165, 1.54) is 35.9 Å². The van der Waals surface area contributed by atoms with Crippen molar-refractivity contribution in [1.82, 2.24) is 19.7 Å². The highest BCUT2D eigenvalue weighted by molar-refractivity contribution is 7.99. The van der Waals surface area contributed by atoms with Gasteiger partial charge in [0.05, 0.1) is 16.0 Å². The molecule has 2 aromatic heterocycles. The third kappa shape index (κ3) is 3.42. The van der Waals surface area contributed by atoms with E-state index in [2.05, 4.69) is 32.0 Å². The van der Waals surface area contributed by atoms with Crippen molar-refractivity contribution in [2.24, 2.45) is 0 Å². The molecule has 146 valence electrons. The van der Waals surface area contributed by atoms with Crippen LogP contribution in [0.15, 0.2) is 17.3 Å². The van der Waals surface area contributed by atoms with Crippen molar-refractivity contribution in [2.75, 3.05) is 24.3 Å². The molecule has 0 radical (unpaired) electrons. The molecule has 28 heavy (non-hydrogen) atoms. The van der Waals surface area contributed by atoms with Gasteiger partial charge in [0.1, 0.15) is 19.0 Å². The van der Waals surface area contributed by atoms with Crippen LogP contribution in [-0.2, 0) is 11.3 Å². The highest BCUT2D eigenvalue weighted by atomic mass is 32.2. The minimum Gasteiger partial charge on any atom is -0.486 e. The first-order chi connectivity index (χ1) is 13.7. The number of thioether (sulfide) groups is 1. The zero-order chi connectivity index (χ0) is 19.1. The van der Waals surface area contributed by atoms with Gasteiger partial charge in [0.2, 0.25) is 5.91 Å². The monoisotopic (exact) mass is 417 g/mol. The van der Waals surface area contributed by atoms with Crippen molar-refractivity contribution in [3.63, 3.8) is 0 Å². The Morgan fingerprint density at radius 2 is 2.07 bits per heavy atom. The van der Waals surface area contributed by atoms with Crippen LogP contribution in [0.5, 0.6) is 11.5 Å². The highest BCUT2D eigenvalue weighted by Crippen LogP contribution is 2.40. The second-order valence-corrected chi connectivity index (χ2v) is 8.65. The molecular weight excluding hydrogens is 398 g/mol. The summed E-state index contributed by atoms with van der Waals surface area (Å²) in [5, 5.41) is 12.8. The standard InChI is InChI=1S/C18H19N5O3S2/c1-2-23-16(10-3-4-10)21-22-18(23)27-9-15(24)20-17-19-11-7-12-13(8-14(11)28-17)26-6-5-25-12/h7-8,10H,2-6,9H2,1H3,(H,19,20,24). The molecule has 0 bridgehead atoms. The van der Waals surface area contributed by atoms with Gasteiger partial charge in [-0.15, -0.1) is 10.2 Å². The fourth-order valence-corrected chi connectivity index (χ4v) is 4.85. The van der Waals surface area contributed by atoms with Gasteiger partial charge < -0.3 is 19.4 Å². The van der Waals surface area contributed by atoms with Crippen LogP contribution in [0.1, 0.15) is 31.5 Å². The number of nitrogens with one attached hydrogen (secondary N) is 1. The SMILES string of the molecule is CCn1c(SCC(=O)Nc2nc3cc4c(cc3s2)OCCO4)nnc1C1CC1. The van der Waals surface area contributed by atoms with Gasteiger partial charge in [-0.2, -0.15) is 0 Å². The summed E-state index contributed by atoms with van der Waals surface area (Å²) in [5.74, 6) is 3.16. The van der Waals surface area contributed by atoms with Crippen molar-refractivity contribution in [1.29, 1.82) is 0 Å². The molecule has 0 unspecified atom stereocenters. The Morgan fingerprint density at radius 3 is 2.82 bits per heavy atom. The lowest BCUT2D eigenvalue weighted by atomic mass is 10.3. The number of amides is 1. The van der Waals surface area contributed by atoms with Crippen LogP contribution in [0, 0.1) is 0 Å². The topological polar surface area (TPSA) is 91.2 Å². The lowest BCUT2D eigenvalue weighted by Gasteiger charge is -2.17. The van der Waals surface area contributed by atoms with E-state index in [1.54, 1.807) is 0 Å². The molecule has 1 saturated carbocycles. The molecule has 0 atom stereocenters. The van der Waals surface area contributed by atoms with Crippen LogP contribution in [0.25, 0.3) is 10.2 Å². The van der Waals surface area contributed by atoms with Gasteiger partial charge in [-0.1, -0.05) is 23.1 Å². The van der Waals surface area contributed by atoms with Crippen LogP contribution in [0.2, 0.25) is 0 Å². The Labute approximate surface area is 169 Å². The summed E-state index contributed by atoms with van der Waals surface area (Å²) in [7, 11) is 0. The predicted octanol–water partition coefficient (Wildman–Crippen LogP) is 3.29. The minimum atomic E-state index is -0.111. The van der Waals surface area contributed by atoms with E-state index >= 15 is 0 Å². The molecule has 3 heterocycles. The minimum absolute atomic E-state index is 0.111. The zero-order valence-electron chi connectivity index (χ0n) is 15.3. The molecule has 1 amide bonds. The van der Waals surface area contributed by atoms with Crippen molar-refractivity contribution in [3.8, 4) is 11.5 Å². The van der Waals surface area contributed by atoms with Crippen LogP contribution in [-0.4, -0.2) is 44.6 Å². The van der Waals surface area contributed by atoms with Crippen molar-refractivity contribution in [3.05, 3.63) is 18.0 Å². The second kappa shape index (κ2) is 7.25. The molecule has 1 N–H and O–H groups in total. The summed E-state index contributed by atoms with van der Waals surface area (Å²) in [6.07, 6.45) is 2.36. The Bertz CT molecular complexity index is 1000. The summed E-state index contributed by atoms with van der Waals surface area (Å²) in [6.45, 7) is 3.97. The lowest BCUT2D eigenvalue weighted by molar-refractivity contribution is -0.113. The summed E-state index contributed by atoms with van der Waals surface area (Å²) in [6, 6.07) is 3.77. The Morgan fingerprint density at radius 1 is 1.29 bits per heavy atom. The summed E-state index contributed by atoms with van der Waals surface area (Å²) in [5.41, 5.74) is 0.789. The molecule has 1 aromatic carbocycles. The summed E-state index contributed by atoms with van der Waals surface area (Å²) < 4.78 is 14.3. The van der Waals surface area contributed by atoms with Gasteiger partial charge in [0.25, 0.3) is 0 Å². The Balaban J connectivity index is 1.25. The number of thiazole rings is 1. The Hall–Kier alpha value is -2.33. The number of carbonyl (C=O) groups is 1. The van der Waals surface area contributed by atoms with Crippen molar-refractivity contribution in [2.45, 2.75) is 37.4 Å². The van der Waals surface area contributed by atoms with Crippen LogP contribution in [0.3, 0.4) is 0 Å². The van der Waals surface area contributed by atoms with Crippen molar-refractivity contribution >= 4 is 44.4 Å². The second-order valence-electron chi connectivity index (χ2n) is 6.68. The number of fused-ring (bicyclic) bond motifs is 2. The zero-order valence-corrected chi connectivity index (χ0v) is 16.9. The molecule has 0 spiro atoms. The van der Waals surface area contributed by atoms with E-state index in [0.29, 0.717) is 30.0 Å². The summed E-state index contributed by atoms with van der Waals surface area (Å²) in [4.78, 5) is 16.9. The maximum atomic E-state index is 12.4. The van der Waals surface area contributed by atoms with E-state index in [1.807, 2.05) is 12.1 Å². The van der Waals surface area contributed by atoms with Crippen LogP contribution < -0.4 is 14.8 Å². The number of carbonyl (C=O) groups excluding carboxylic acids is 1. The van der Waals surface area contributed by atoms with E-state index in [9.17, 15) is 4.79 Å². The quantitative estimate of drug-likeness (QED) is 0.615. The molecule has 3 aromatic rings. The molecule has 0 saturated heterocycles. The number of benzene rings is 1. The highest BCUT2D eigenvalue weighted by Gasteiger charge is 2.30. The van der Waals surface area contributed by atoms with Gasteiger partial charge in [0.15, 0.2) is 21.8 Å². The number of ether oxygens (including phenoxy) is 2. The lowest BCUT2D eigenvalue weighted by Crippen LogP contribution is -2.15. The largest absolute Gasteiger partial charge is 0.486 e. The maximum Gasteiger partial charge on any atom is 0.236 e. The number of aromatic nitrogens is 4. The first-order valence-electron chi connectivity index (χ1n) is 9.27. The normalized spacial score (nSPS) is 15.8. The molecule has 1 fully saturated rings. The predicted molar refractivity (Wildman–Crippen MR) is 108 cm³/mol. The van der Waals surface area contributed by atoms with E-state index in [-0.39, 0.29) is 11.7 Å². The fraction of sp³-hybridized carbons (Fsp3) is 0.444. The van der Waals surface area contributed by atoms with Crippen LogP contribution >= 0.6 is 23.1 Å². The number of hydrogen-bond acceptors (Lipinski definition) is 8. The first kappa shape index (κ1) is 17.7. The molecule has 1 aliphatic carbocycles. The van der Waals surface area contributed by atoms with Gasteiger partial charge in [-0.25, -0.2) is 4.98 Å². The van der Waals surface area contributed by atoms with Gasteiger partial charge in [-0.05, 0) is 19.8 Å². The number of nitrogens with zero attached hydrogens (tertiary/aromatic N) is 4. The van der Waals surface area contributed by atoms with E-state index in [0.717, 1.165) is 33.5 Å². The molecular formula is C18H19N5O3S2. The third-order valence-electron chi connectivity index (χ3n) is 4.64. The van der Waals surface area contributed by atoms with Gasteiger partial charge in [-0.3, -0.25) is 4.79 Å². The number of anilines is 1. The average molecular weight is 418 g/mol. The molecule has 8 nitrogen and oxygen atoms in total. The molecule has 2 aliphatic rings. The van der Waals surface area contributed by atoms with E-state index < -0.39 is 0 Å². The molecule has 1 aliphatic heterocycles.